The Morgan fingerprint density at radius 1 is 1.26 bits per heavy atom. The van der Waals surface area contributed by atoms with Crippen LogP contribution in [0, 0.1) is 25.5 Å². The molecular formula is C22H21F3N4O2. The average Bonchev–Trinajstić information content (AvgIpc) is 3.21. The molecule has 1 unspecified atom stereocenters. The lowest BCUT2D eigenvalue weighted by Gasteiger charge is -2.23. The Labute approximate surface area is 176 Å². The quantitative estimate of drug-likeness (QED) is 0.593. The third-order valence-electron chi connectivity index (χ3n) is 5.36. The fraction of sp³-hybridized carbons (Fsp3) is 0.318. The van der Waals surface area contributed by atoms with E-state index in [4.69, 9.17) is 4.74 Å². The lowest BCUT2D eigenvalue weighted by molar-refractivity contribution is -0.114. The van der Waals surface area contributed by atoms with Crippen molar-refractivity contribution in [1.29, 1.82) is 0 Å². The molecule has 4 rings (SSSR count). The van der Waals surface area contributed by atoms with Gasteiger partial charge in [0.1, 0.15) is 11.3 Å². The molecule has 1 fully saturated rings. The molecule has 1 N–H and O–H groups in total. The van der Waals surface area contributed by atoms with Crippen LogP contribution in [0.1, 0.15) is 42.3 Å². The van der Waals surface area contributed by atoms with Crippen molar-refractivity contribution in [2.24, 2.45) is 0 Å². The summed E-state index contributed by atoms with van der Waals surface area (Å²) in [5.74, 6) is -3.67. The fourth-order valence-corrected chi connectivity index (χ4v) is 3.63. The van der Waals surface area contributed by atoms with Gasteiger partial charge in [-0.3, -0.25) is 9.78 Å². The number of ether oxygens (including phenoxy) is 1. The molecule has 0 saturated carbocycles. The highest BCUT2D eigenvalue weighted by atomic mass is 19.1. The van der Waals surface area contributed by atoms with Gasteiger partial charge in [-0.25, -0.2) is 17.9 Å². The first kappa shape index (κ1) is 21.0. The van der Waals surface area contributed by atoms with Crippen molar-refractivity contribution in [3.8, 4) is 0 Å². The van der Waals surface area contributed by atoms with E-state index in [-0.39, 0.29) is 28.6 Å². The Balaban J connectivity index is 1.65. The van der Waals surface area contributed by atoms with Crippen LogP contribution in [0.4, 0.5) is 18.9 Å². The molecule has 162 valence electrons. The number of fused-ring (bicyclic) bond motifs is 1. The van der Waals surface area contributed by atoms with Gasteiger partial charge >= 0.3 is 0 Å². The molecule has 0 radical (unpaired) electrons. The highest BCUT2D eigenvalue weighted by Gasteiger charge is 2.22. The van der Waals surface area contributed by atoms with Crippen LogP contribution < -0.4 is 5.32 Å². The summed E-state index contributed by atoms with van der Waals surface area (Å²) < 4.78 is 50.7. The zero-order valence-electron chi connectivity index (χ0n) is 17.1. The van der Waals surface area contributed by atoms with Gasteiger partial charge in [0, 0.05) is 23.1 Å². The first-order valence-corrected chi connectivity index (χ1v) is 9.94. The van der Waals surface area contributed by atoms with Crippen LogP contribution in [-0.2, 0) is 9.53 Å². The molecule has 9 heteroatoms. The van der Waals surface area contributed by atoms with Crippen LogP contribution in [0.3, 0.4) is 0 Å². The predicted octanol–water partition coefficient (Wildman–Crippen LogP) is 4.97. The molecule has 0 aliphatic carbocycles. The van der Waals surface area contributed by atoms with Gasteiger partial charge in [0.15, 0.2) is 17.9 Å². The Hall–Kier alpha value is -3.20. The standard InChI is InChI=1S/C22H21F3N4O2/c1-12-17(24)11-26-13(2)20(12)28-22(30)16(23)9-14-6-7-15-10-27-29(21(15)19(14)25)18-5-3-4-8-31-18/h6-7,9-11,18H,3-5,8H2,1-2H3,(H,28,30)/b16-9-. The number of anilines is 1. The first-order chi connectivity index (χ1) is 14.9. The summed E-state index contributed by atoms with van der Waals surface area (Å²) in [5.41, 5.74) is 0.636. The largest absolute Gasteiger partial charge is 0.356 e. The zero-order chi connectivity index (χ0) is 22.1. The number of carbonyl (C=O) groups excluding carboxylic acids is 1. The topological polar surface area (TPSA) is 69.0 Å². The van der Waals surface area contributed by atoms with Crippen LogP contribution in [0.25, 0.3) is 17.0 Å². The second kappa shape index (κ2) is 8.50. The van der Waals surface area contributed by atoms with Crippen molar-refractivity contribution in [2.45, 2.75) is 39.3 Å². The third kappa shape index (κ3) is 4.05. The van der Waals surface area contributed by atoms with Crippen LogP contribution in [0.2, 0.25) is 0 Å². The second-order valence-corrected chi connectivity index (χ2v) is 7.45. The van der Waals surface area contributed by atoms with Crippen molar-refractivity contribution >= 4 is 28.6 Å². The molecule has 31 heavy (non-hydrogen) atoms. The summed E-state index contributed by atoms with van der Waals surface area (Å²) in [6.45, 7) is 3.57. The van der Waals surface area contributed by atoms with Crippen molar-refractivity contribution in [2.75, 3.05) is 11.9 Å². The van der Waals surface area contributed by atoms with Crippen molar-refractivity contribution in [3.63, 3.8) is 0 Å². The van der Waals surface area contributed by atoms with E-state index in [2.05, 4.69) is 15.4 Å². The number of halogens is 3. The second-order valence-electron chi connectivity index (χ2n) is 7.45. The van der Waals surface area contributed by atoms with E-state index >= 15 is 4.39 Å². The van der Waals surface area contributed by atoms with E-state index in [0.717, 1.165) is 25.1 Å². The van der Waals surface area contributed by atoms with Gasteiger partial charge in [0.05, 0.1) is 23.8 Å². The number of aromatic nitrogens is 3. The van der Waals surface area contributed by atoms with E-state index in [1.807, 2.05) is 0 Å². The van der Waals surface area contributed by atoms with E-state index in [9.17, 15) is 13.6 Å². The Kier molecular flexibility index (Phi) is 5.77. The molecule has 2 aromatic heterocycles. The average molecular weight is 430 g/mol. The molecule has 1 aliphatic heterocycles. The number of benzene rings is 1. The molecule has 0 bridgehead atoms. The SMILES string of the molecule is Cc1ncc(F)c(C)c1NC(=O)/C(F)=C/c1ccc2cnn(C3CCCCO3)c2c1F. The van der Waals surface area contributed by atoms with Gasteiger partial charge in [-0.2, -0.15) is 5.10 Å². The zero-order valence-corrected chi connectivity index (χ0v) is 17.1. The highest BCUT2D eigenvalue weighted by Crippen LogP contribution is 2.30. The van der Waals surface area contributed by atoms with Gasteiger partial charge in [-0.1, -0.05) is 12.1 Å². The Bertz CT molecular complexity index is 1180. The number of carbonyl (C=O) groups is 1. The van der Waals surface area contributed by atoms with Crippen molar-refractivity contribution in [1.82, 2.24) is 14.8 Å². The minimum Gasteiger partial charge on any atom is -0.356 e. The molecule has 3 heterocycles. The van der Waals surface area contributed by atoms with Gasteiger partial charge < -0.3 is 10.1 Å². The summed E-state index contributed by atoms with van der Waals surface area (Å²) in [7, 11) is 0. The van der Waals surface area contributed by atoms with Crippen molar-refractivity contribution < 1.29 is 22.7 Å². The summed E-state index contributed by atoms with van der Waals surface area (Å²) in [6.07, 6.45) is 5.54. The molecule has 1 aliphatic rings. The smallest absolute Gasteiger partial charge is 0.284 e. The number of pyridine rings is 1. The minimum atomic E-state index is -1.22. The molecular weight excluding hydrogens is 409 g/mol. The maximum Gasteiger partial charge on any atom is 0.284 e. The lowest BCUT2D eigenvalue weighted by Crippen LogP contribution is -2.19. The molecule has 3 aromatic rings. The van der Waals surface area contributed by atoms with Crippen LogP contribution in [0.15, 0.2) is 30.4 Å². The molecule has 6 nitrogen and oxygen atoms in total. The van der Waals surface area contributed by atoms with E-state index in [1.165, 1.54) is 23.9 Å². The number of rotatable bonds is 4. The third-order valence-corrected chi connectivity index (χ3v) is 5.36. The Morgan fingerprint density at radius 2 is 2.06 bits per heavy atom. The minimum absolute atomic E-state index is 0.0806. The number of aryl methyl sites for hydroxylation is 1. The number of nitrogens with zero attached hydrogens (tertiary/aromatic N) is 3. The fourth-order valence-electron chi connectivity index (χ4n) is 3.63. The Morgan fingerprint density at radius 3 is 2.81 bits per heavy atom. The van der Waals surface area contributed by atoms with Gasteiger partial charge in [0.2, 0.25) is 0 Å². The van der Waals surface area contributed by atoms with Crippen molar-refractivity contribution in [3.05, 3.63) is 58.8 Å². The summed E-state index contributed by atoms with van der Waals surface area (Å²) in [5, 5.41) is 7.09. The predicted molar refractivity (Wildman–Crippen MR) is 110 cm³/mol. The maximum atomic E-state index is 15.2. The van der Waals surface area contributed by atoms with Crippen LogP contribution in [0.5, 0.6) is 0 Å². The number of nitrogens with one attached hydrogen (secondary N) is 1. The molecule has 1 saturated heterocycles. The molecule has 1 atom stereocenters. The number of amides is 1. The normalized spacial score (nSPS) is 17.2. The van der Waals surface area contributed by atoms with Crippen LogP contribution in [-0.4, -0.2) is 27.3 Å². The molecule has 1 aromatic carbocycles. The summed E-state index contributed by atoms with van der Waals surface area (Å²) in [4.78, 5) is 16.1. The molecule has 0 spiro atoms. The van der Waals surface area contributed by atoms with Crippen LogP contribution >= 0.6 is 0 Å². The van der Waals surface area contributed by atoms with Gasteiger partial charge in [-0.05, 0) is 39.2 Å². The number of hydrogen-bond donors (Lipinski definition) is 1. The summed E-state index contributed by atoms with van der Waals surface area (Å²) >= 11 is 0. The maximum absolute atomic E-state index is 15.2. The summed E-state index contributed by atoms with van der Waals surface area (Å²) in [6, 6.07) is 2.98. The van der Waals surface area contributed by atoms with Gasteiger partial charge in [-0.15, -0.1) is 0 Å². The highest BCUT2D eigenvalue weighted by molar-refractivity contribution is 6.05. The molecule has 1 amide bonds. The van der Waals surface area contributed by atoms with E-state index in [1.54, 1.807) is 13.0 Å². The lowest BCUT2D eigenvalue weighted by atomic mass is 10.1. The number of hydrogen-bond acceptors (Lipinski definition) is 4. The van der Waals surface area contributed by atoms with E-state index < -0.39 is 23.4 Å². The van der Waals surface area contributed by atoms with Gasteiger partial charge in [0.25, 0.3) is 5.91 Å². The first-order valence-electron chi connectivity index (χ1n) is 9.94. The van der Waals surface area contributed by atoms with E-state index in [0.29, 0.717) is 24.1 Å². The monoisotopic (exact) mass is 430 g/mol.